The van der Waals surface area contributed by atoms with Crippen LogP contribution in [0.2, 0.25) is 0 Å². The summed E-state index contributed by atoms with van der Waals surface area (Å²) in [5.74, 6) is 0.708. The first-order valence-corrected chi connectivity index (χ1v) is 13.2. The van der Waals surface area contributed by atoms with E-state index in [2.05, 4.69) is 82.6 Å². The van der Waals surface area contributed by atoms with E-state index in [1.165, 1.54) is 54.5 Å². The highest BCUT2D eigenvalue weighted by atomic mass is 16.5. The number of rotatable bonds is 5. The number of nitrogens with zero attached hydrogens (tertiary/aromatic N) is 1. The minimum absolute atomic E-state index is 0.0254. The Hall–Kier alpha value is -2.07. The molecule has 0 radical (unpaired) electrons. The number of carbonyl (C=O) groups is 1. The van der Waals surface area contributed by atoms with Crippen LogP contribution in [-0.2, 0) is 22.1 Å². The molecule has 1 amide bonds. The van der Waals surface area contributed by atoms with Crippen molar-refractivity contribution in [3.05, 3.63) is 46.6 Å². The van der Waals surface area contributed by atoms with Gasteiger partial charge in [0.15, 0.2) is 0 Å². The Morgan fingerprint density at radius 1 is 0.941 bits per heavy atom. The predicted molar refractivity (Wildman–Crippen MR) is 141 cm³/mol. The Morgan fingerprint density at radius 3 is 2.03 bits per heavy atom. The molecular formula is C30H44N2O2. The zero-order valence-electron chi connectivity index (χ0n) is 22.4. The van der Waals surface area contributed by atoms with Gasteiger partial charge in [0.25, 0.3) is 5.91 Å². The highest BCUT2D eigenvalue weighted by Gasteiger charge is 2.27. The third-order valence-corrected chi connectivity index (χ3v) is 7.71. The smallest absolute Gasteiger partial charge is 0.253 e. The summed E-state index contributed by atoms with van der Waals surface area (Å²) in [5, 5.41) is 3.16. The van der Waals surface area contributed by atoms with Crippen molar-refractivity contribution in [1.82, 2.24) is 9.88 Å². The van der Waals surface area contributed by atoms with Gasteiger partial charge in [0.1, 0.15) is 0 Å². The van der Waals surface area contributed by atoms with Crippen molar-refractivity contribution in [1.29, 1.82) is 0 Å². The lowest BCUT2D eigenvalue weighted by molar-refractivity contribution is -0.00347. The lowest BCUT2D eigenvalue weighted by Crippen LogP contribution is -2.48. The first-order chi connectivity index (χ1) is 15.9. The maximum Gasteiger partial charge on any atom is 0.253 e. The second kappa shape index (κ2) is 9.53. The van der Waals surface area contributed by atoms with E-state index in [1.54, 1.807) is 0 Å². The van der Waals surface area contributed by atoms with Crippen LogP contribution >= 0.6 is 0 Å². The summed E-state index contributed by atoms with van der Waals surface area (Å²) in [6.45, 7) is 18.0. The molecule has 0 bridgehead atoms. The highest BCUT2D eigenvalue weighted by Crippen LogP contribution is 2.37. The van der Waals surface area contributed by atoms with E-state index in [-0.39, 0.29) is 22.8 Å². The van der Waals surface area contributed by atoms with Gasteiger partial charge in [-0.1, -0.05) is 66.9 Å². The summed E-state index contributed by atoms with van der Waals surface area (Å²) in [6, 6.07) is 9.34. The Bertz CT molecular complexity index is 993. The van der Waals surface area contributed by atoms with Gasteiger partial charge in [-0.3, -0.25) is 4.79 Å². The van der Waals surface area contributed by atoms with Gasteiger partial charge in [0.05, 0.1) is 24.8 Å². The first-order valence-electron chi connectivity index (χ1n) is 13.2. The largest absolute Gasteiger partial charge is 0.377 e. The minimum atomic E-state index is 0.0254. The summed E-state index contributed by atoms with van der Waals surface area (Å²) in [7, 11) is 0. The lowest BCUT2D eigenvalue weighted by Gasteiger charge is -2.27. The predicted octanol–water partition coefficient (Wildman–Crippen LogP) is 6.77. The molecule has 1 N–H and O–H groups in total. The molecule has 1 aliphatic carbocycles. The molecule has 4 heteroatoms. The molecule has 1 aromatic heterocycles. The number of benzene rings is 1. The van der Waals surface area contributed by atoms with Crippen molar-refractivity contribution in [2.45, 2.75) is 104 Å². The van der Waals surface area contributed by atoms with E-state index in [0.717, 1.165) is 17.8 Å². The number of amides is 1. The van der Waals surface area contributed by atoms with Crippen molar-refractivity contribution in [3.8, 4) is 11.3 Å². The van der Waals surface area contributed by atoms with Gasteiger partial charge >= 0.3 is 0 Å². The zero-order chi connectivity index (χ0) is 24.7. The van der Waals surface area contributed by atoms with E-state index in [4.69, 9.17) is 4.74 Å². The van der Waals surface area contributed by atoms with E-state index in [1.807, 2.05) is 0 Å². The topological polar surface area (TPSA) is 43.3 Å². The summed E-state index contributed by atoms with van der Waals surface area (Å²) >= 11 is 0. The van der Waals surface area contributed by atoms with Crippen molar-refractivity contribution in [2.75, 3.05) is 13.2 Å². The second-order valence-corrected chi connectivity index (χ2v) is 12.7. The van der Waals surface area contributed by atoms with Crippen LogP contribution < -0.4 is 5.32 Å². The van der Waals surface area contributed by atoms with Gasteiger partial charge in [-0.15, -0.1) is 0 Å². The number of hydrogen-bond acceptors (Lipinski definition) is 2. The third-order valence-electron chi connectivity index (χ3n) is 7.71. The molecule has 1 saturated carbocycles. The van der Waals surface area contributed by atoms with Crippen molar-refractivity contribution < 1.29 is 9.53 Å². The van der Waals surface area contributed by atoms with Crippen LogP contribution in [0, 0.1) is 12.8 Å². The molecular weight excluding hydrogens is 420 g/mol. The Morgan fingerprint density at radius 2 is 1.53 bits per heavy atom. The molecule has 1 aliphatic heterocycles. The number of ether oxygens (including phenoxy) is 1. The molecule has 2 fully saturated rings. The first kappa shape index (κ1) is 25.0. The third kappa shape index (κ3) is 5.43. The quantitative estimate of drug-likeness (QED) is 0.531. The molecule has 2 aromatic rings. The number of hydrogen-bond donors (Lipinski definition) is 1. The van der Waals surface area contributed by atoms with Crippen LogP contribution in [0.1, 0.15) is 101 Å². The van der Waals surface area contributed by atoms with Gasteiger partial charge in [0, 0.05) is 17.9 Å². The molecule has 0 atom stereocenters. The SMILES string of the molecule is Cc1c(C(=O)NC2COC2)cc(-c2cc(C(C)(C)C)cc(C(C)(C)C)c2)n1CC1CCCCC1. The van der Waals surface area contributed by atoms with Crippen molar-refractivity contribution >= 4 is 5.91 Å². The van der Waals surface area contributed by atoms with E-state index >= 15 is 0 Å². The van der Waals surface area contributed by atoms with Crippen LogP contribution in [0.25, 0.3) is 11.3 Å². The van der Waals surface area contributed by atoms with E-state index in [9.17, 15) is 4.79 Å². The van der Waals surface area contributed by atoms with Crippen LogP contribution in [0.3, 0.4) is 0 Å². The standard InChI is InChI=1S/C30H44N2O2/c1-20-26(28(33)31-25-18-34-19-25)16-27(32(20)17-21-11-9-8-10-12-21)22-13-23(29(2,3)4)15-24(14-22)30(5,6)7/h13-16,21,25H,8-12,17-19H2,1-7H3,(H,31,33). The Balaban J connectivity index is 1.81. The van der Waals surface area contributed by atoms with Gasteiger partial charge in [-0.05, 0) is 71.4 Å². The summed E-state index contributed by atoms with van der Waals surface area (Å²) in [5.41, 5.74) is 7.07. The fourth-order valence-corrected chi connectivity index (χ4v) is 5.20. The summed E-state index contributed by atoms with van der Waals surface area (Å²) < 4.78 is 7.71. The van der Waals surface area contributed by atoms with E-state index in [0.29, 0.717) is 19.1 Å². The molecule has 2 heterocycles. The van der Waals surface area contributed by atoms with Crippen LogP contribution in [0.4, 0.5) is 0 Å². The Kier molecular flexibility index (Phi) is 7.01. The molecule has 1 saturated heterocycles. The summed E-state index contributed by atoms with van der Waals surface area (Å²) in [6.07, 6.45) is 6.57. The van der Waals surface area contributed by atoms with Crippen LogP contribution in [-0.4, -0.2) is 29.7 Å². The second-order valence-electron chi connectivity index (χ2n) is 12.7. The lowest BCUT2D eigenvalue weighted by atomic mass is 9.79. The van der Waals surface area contributed by atoms with Gasteiger partial charge in [-0.25, -0.2) is 0 Å². The molecule has 0 unspecified atom stereocenters. The van der Waals surface area contributed by atoms with Crippen LogP contribution in [0.15, 0.2) is 24.3 Å². The molecule has 2 aliphatic rings. The normalized spacial score (nSPS) is 18.1. The average molecular weight is 465 g/mol. The zero-order valence-corrected chi connectivity index (χ0v) is 22.4. The maximum absolute atomic E-state index is 13.2. The van der Waals surface area contributed by atoms with Crippen molar-refractivity contribution in [2.24, 2.45) is 5.92 Å². The van der Waals surface area contributed by atoms with Gasteiger partial charge in [-0.2, -0.15) is 0 Å². The highest BCUT2D eigenvalue weighted by molar-refractivity contribution is 5.97. The summed E-state index contributed by atoms with van der Waals surface area (Å²) in [4.78, 5) is 13.2. The van der Waals surface area contributed by atoms with Gasteiger partial charge in [0.2, 0.25) is 0 Å². The average Bonchev–Trinajstić information content (AvgIpc) is 3.06. The number of nitrogens with one attached hydrogen (secondary N) is 1. The fraction of sp³-hybridized carbons (Fsp3) is 0.633. The fourth-order valence-electron chi connectivity index (χ4n) is 5.20. The molecule has 4 rings (SSSR count). The Labute approximate surface area is 206 Å². The number of carbonyl (C=O) groups excluding carboxylic acids is 1. The number of aromatic nitrogens is 1. The van der Waals surface area contributed by atoms with Crippen LogP contribution in [0.5, 0.6) is 0 Å². The van der Waals surface area contributed by atoms with Crippen molar-refractivity contribution in [3.63, 3.8) is 0 Å². The molecule has 0 spiro atoms. The molecule has 4 nitrogen and oxygen atoms in total. The van der Waals surface area contributed by atoms with E-state index < -0.39 is 0 Å². The van der Waals surface area contributed by atoms with Gasteiger partial charge < -0.3 is 14.6 Å². The monoisotopic (exact) mass is 464 g/mol. The molecule has 34 heavy (non-hydrogen) atoms. The molecule has 186 valence electrons. The maximum atomic E-state index is 13.2. The minimum Gasteiger partial charge on any atom is -0.377 e. The molecule has 1 aromatic carbocycles.